The van der Waals surface area contributed by atoms with Gasteiger partial charge in [-0.1, -0.05) is 6.07 Å². The molecule has 90 valence electrons. The fourth-order valence-electron chi connectivity index (χ4n) is 2.37. The lowest BCUT2D eigenvalue weighted by Crippen LogP contribution is -2.40. The second kappa shape index (κ2) is 4.62. The molecule has 2 atom stereocenters. The van der Waals surface area contributed by atoms with Crippen LogP contribution in [0, 0.1) is 25.2 Å². The maximum atomic E-state index is 8.90. The zero-order valence-electron chi connectivity index (χ0n) is 10.8. The smallest absolute Gasteiger partial charge is 0.0634 e. The van der Waals surface area contributed by atoms with Crippen LogP contribution < -0.4 is 4.90 Å². The summed E-state index contributed by atoms with van der Waals surface area (Å²) in [5.74, 6) is 0. The zero-order valence-corrected chi connectivity index (χ0v) is 11.6. The number of nitriles is 1. The molecule has 2 rings (SSSR count). The lowest BCUT2D eigenvalue weighted by Gasteiger charge is -2.39. The number of fused-ring (bicyclic) bond motifs is 1. The minimum Gasteiger partial charge on any atom is -0.370 e. The zero-order chi connectivity index (χ0) is 12.6. The molecule has 1 aromatic rings. The highest BCUT2D eigenvalue weighted by Gasteiger charge is 2.30. The number of rotatable bonds is 1. The standard InChI is InChI=1S/C14H18N2S/c1-9-7-10(2)14-12(8-9)16(4)11(3)13(17-14)5-6-15/h7-8,11,13H,5H2,1-4H3. The first kappa shape index (κ1) is 12.3. The van der Waals surface area contributed by atoms with Crippen molar-refractivity contribution in [3.8, 4) is 6.07 Å². The molecule has 3 heteroatoms. The molecule has 0 amide bonds. The van der Waals surface area contributed by atoms with Crippen molar-refractivity contribution in [2.45, 2.75) is 43.4 Å². The number of nitrogens with zero attached hydrogens (tertiary/aromatic N) is 2. The van der Waals surface area contributed by atoms with Gasteiger partial charge in [-0.2, -0.15) is 5.26 Å². The molecule has 0 saturated carbocycles. The van der Waals surface area contributed by atoms with Crippen molar-refractivity contribution >= 4 is 17.4 Å². The predicted octanol–water partition coefficient (Wildman–Crippen LogP) is 3.52. The number of anilines is 1. The van der Waals surface area contributed by atoms with Gasteiger partial charge in [0.2, 0.25) is 0 Å². The van der Waals surface area contributed by atoms with Gasteiger partial charge in [-0.15, -0.1) is 11.8 Å². The van der Waals surface area contributed by atoms with Gasteiger partial charge in [-0.3, -0.25) is 0 Å². The Balaban J connectivity index is 2.46. The lowest BCUT2D eigenvalue weighted by molar-refractivity contribution is 0.637. The van der Waals surface area contributed by atoms with Gasteiger partial charge in [-0.25, -0.2) is 0 Å². The lowest BCUT2D eigenvalue weighted by atomic mass is 10.1. The molecule has 0 aliphatic carbocycles. The van der Waals surface area contributed by atoms with Crippen molar-refractivity contribution in [3.05, 3.63) is 23.3 Å². The highest BCUT2D eigenvalue weighted by atomic mass is 32.2. The molecule has 0 bridgehead atoms. The van der Waals surface area contributed by atoms with Crippen molar-refractivity contribution in [3.63, 3.8) is 0 Å². The highest BCUT2D eigenvalue weighted by Crippen LogP contribution is 2.44. The third kappa shape index (κ3) is 2.14. The van der Waals surface area contributed by atoms with E-state index in [1.54, 1.807) is 0 Å². The van der Waals surface area contributed by atoms with E-state index in [1.165, 1.54) is 21.7 Å². The van der Waals surface area contributed by atoms with Crippen molar-refractivity contribution in [1.29, 1.82) is 5.26 Å². The van der Waals surface area contributed by atoms with Crippen LogP contribution in [0.1, 0.15) is 24.5 Å². The highest BCUT2D eigenvalue weighted by molar-refractivity contribution is 8.00. The van der Waals surface area contributed by atoms with Gasteiger partial charge in [0.05, 0.1) is 11.8 Å². The average Bonchev–Trinajstić information content (AvgIpc) is 2.27. The molecule has 0 fully saturated rings. The Bertz CT molecular complexity index is 476. The maximum Gasteiger partial charge on any atom is 0.0634 e. The second-order valence-electron chi connectivity index (χ2n) is 4.80. The van der Waals surface area contributed by atoms with E-state index in [4.69, 9.17) is 5.26 Å². The minimum absolute atomic E-state index is 0.374. The summed E-state index contributed by atoms with van der Waals surface area (Å²) in [5, 5.41) is 9.28. The normalized spacial score (nSPS) is 23.1. The Hall–Kier alpha value is -1.14. The van der Waals surface area contributed by atoms with Crippen molar-refractivity contribution < 1.29 is 0 Å². The summed E-state index contributed by atoms with van der Waals surface area (Å²) in [4.78, 5) is 3.66. The van der Waals surface area contributed by atoms with Crippen LogP contribution in [0.4, 0.5) is 5.69 Å². The number of thioether (sulfide) groups is 1. The molecule has 0 aromatic heterocycles. The summed E-state index contributed by atoms with van der Waals surface area (Å²) in [5.41, 5.74) is 3.94. The molecular formula is C14H18N2S. The van der Waals surface area contributed by atoms with Gasteiger partial charge >= 0.3 is 0 Å². The van der Waals surface area contributed by atoms with Gasteiger partial charge in [0.25, 0.3) is 0 Å². The molecule has 1 aliphatic rings. The Labute approximate surface area is 108 Å². The molecular weight excluding hydrogens is 228 g/mol. The van der Waals surface area contributed by atoms with Gasteiger partial charge in [0, 0.05) is 29.7 Å². The van der Waals surface area contributed by atoms with E-state index in [2.05, 4.69) is 50.9 Å². The predicted molar refractivity (Wildman–Crippen MR) is 73.7 cm³/mol. The van der Waals surface area contributed by atoms with E-state index in [9.17, 15) is 0 Å². The molecule has 0 spiro atoms. The van der Waals surface area contributed by atoms with Gasteiger partial charge in [0.1, 0.15) is 0 Å². The fraction of sp³-hybridized carbons (Fsp3) is 0.500. The first-order chi connectivity index (χ1) is 8.04. The summed E-state index contributed by atoms with van der Waals surface area (Å²) in [6, 6.07) is 7.18. The molecule has 1 heterocycles. The van der Waals surface area contributed by atoms with Crippen LogP contribution in [0.3, 0.4) is 0 Å². The van der Waals surface area contributed by atoms with E-state index in [0.717, 1.165) is 0 Å². The Kier molecular flexibility index (Phi) is 3.35. The van der Waals surface area contributed by atoms with E-state index in [-0.39, 0.29) is 0 Å². The van der Waals surface area contributed by atoms with Crippen LogP contribution in [0.2, 0.25) is 0 Å². The van der Waals surface area contributed by atoms with Crippen LogP contribution in [-0.2, 0) is 0 Å². The largest absolute Gasteiger partial charge is 0.370 e. The van der Waals surface area contributed by atoms with Gasteiger partial charge < -0.3 is 4.90 Å². The van der Waals surface area contributed by atoms with Gasteiger partial charge in [0.15, 0.2) is 0 Å². The summed E-state index contributed by atoms with van der Waals surface area (Å²) < 4.78 is 0. The van der Waals surface area contributed by atoms with Crippen molar-refractivity contribution in [2.75, 3.05) is 11.9 Å². The molecule has 1 aliphatic heterocycles. The van der Waals surface area contributed by atoms with Crippen LogP contribution in [0.25, 0.3) is 0 Å². The Morgan fingerprint density at radius 3 is 2.76 bits per heavy atom. The summed E-state index contributed by atoms with van der Waals surface area (Å²) >= 11 is 1.86. The van der Waals surface area contributed by atoms with E-state index in [0.29, 0.717) is 17.7 Å². The third-order valence-corrected chi connectivity index (χ3v) is 5.12. The van der Waals surface area contributed by atoms with E-state index < -0.39 is 0 Å². The summed E-state index contributed by atoms with van der Waals surface area (Å²) in [6.45, 7) is 6.50. The van der Waals surface area contributed by atoms with E-state index in [1.807, 2.05) is 11.8 Å². The monoisotopic (exact) mass is 246 g/mol. The molecule has 17 heavy (non-hydrogen) atoms. The van der Waals surface area contributed by atoms with Crippen molar-refractivity contribution in [1.82, 2.24) is 0 Å². The van der Waals surface area contributed by atoms with Crippen LogP contribution in [-0.4, -0.2) is 18.3 Å². The molecule has 1 aromatic carbocycles. The number of hydrogen-bond donors (Lipinski definition) is 0. The van der Waals surface area contributed by atoms with Crippen LogP contribution in [0.15, 0.2) is 17.0 Å². The van der Waals surface area contributed by atoms with Crippen LogP contribution >= 0.6 is 11.8 Å². The number of benzene rings is 1. The SMILES string of the molecule is Cc1cc(C)c2c(c1)N(C)C(C)C(CC#N)S2. The minimum atomic E-state index is 0.374. The van der Waals surface area contributed by atoms with Crippen LogP contribution in [0.5, 0.6) is 0 Å². The quantitative estimate of drug-likeness (QED) is 0.758. The second-order valence-corrected chi connectivity index (χ2v) is 6.05. The third-order valence-electron chi connectivity index (χ3n) is 3.49. The topological polar surface area (TPSA) is 27.0 Å². The summed E-state index contributed by atoms with van der Waals surface area (Å²) in [6.07, 6.45) is 0.614. The summed E-state index contributed by atoms with van der Waals surface area (Å²) in [7, 11) is 2.13. The number of hydrogen-bond acceptors (Lipinski definition) is 3. The molecule has 0 N–H and O–H groups in total. The first-order valence-electron chi connectivity index (χ1n) is 5.92. The first-order valence-corrected chi connectivity index (χ1v) is 6.80. The fourth-order valence-corrected chi connectivity index (χ4v) is 3.78. The number of aryl methyl sites for hydroxylation is 2. The Morgan fingerprint density at radius 1 is 1.41 bits per heavy atom. The van der Waals surface area contributed by atoms with E-state index >= 15 is 0 Å². The van der Waals surface area contributed by atoms with Gasteiger partial charge in [-0.05, 0) is 38.0 Å². The molecule has 2 nitrogen and oxygen atoms in total. The Morgan fingerprint density at radius 2 is 2.12 bits per heavy atom. The molecule has 0 saturated heterocycles. The average molecular weight is 246 g/mol. The maximum absolute atomic E-state index is 8.90. The molecule has 0 radical (unpaired) electrons. The van der Waals surface area contributed by atoms with Crippen molar-refractivity contribution in [2.24, 2.45) is 0 Å². The molecule has 2 unspecified atom stereocenters.